The van der Waals surface area contributed by atoms with Crippen molar-refractivity contribution >= 4 is 17.5 Å². The Morgan fingerprint density at radius 3 is 2.82 bits per heavy atom. The zero-order valence-electron chi connectivity index (χ0n) is 11.8. The minimum atomic E-state index is -0.673. The second kappa shape index (κ2) is 3.70. The molecule has 112 valence electrons. The minimum Gasteiger partial charge on any atom is -0.454 e. The van der Waals surface area contributed by atoms with Crippen molar-refractivity contribution in [2.45, 2.75) is 18.6 Å². The van der Waals surface area contributed by atoms with E-state index in [1.54, 1.807) is 18.2 Å². The lowest BCUT2D eigenvalue weighted by Gasteiger charge is -2.24. The second-order valence-corrected chi connectivity index (χ2v) is 6.18. The highest BCUT2D eigenvalue weighted by Crippen LogP contribution is 2.52. The second-order valence-electron chi connectivity index (χ2n) is 6.18. The van der Waals surface area contributed by atoms with Crippen molar-refractivity contribution in [3.05, 3.63) is 30.4 Å². The number of hydrogen-bond donors (Lipinski definition) is 0. The van der Waals surface area contributed by atoms with Crippen LogP contribution in [0.15, 0.2) is 30.4 Å². The van der Waals surface area contributed by atoms with Crippen molar-refractivity contribution in [1.82, 2.24) is 0 Å². The molecule has 22 heavy (non-hydrogen) atoms. The van der Waals surface area contributed by atoms with E-state index in [2.05, 4.69) is 0 Å². The summed E-state index contributed by atoms with van der Waals surface area (Å²) in [6.07, 6.45) is 3.48. The van der Waals surface area contributed by atoms with Crippen molar-refractivity contribution in [1.29, 1.82) is 0 Å². The highest BCUT2D eigenvalue weighted by atomic mass is 16.7. The first-order chi connectivity index (χ1) is 10.6. The third kappa shape index (κ3) is 1.29. The van der Waals surface area contributed by atoms with Crippen LogP contribution in [0, 0.1) is 11.8 Å². The predicted molar refractivity (Wildman–Crippen MR) is 74.5 cm³/mol. The van der Waals surface area contributed by atoms with Crippen LogP contribution < -0.4 is 14.4 Å². The molecule has 0 unspecified atom stereocenters. The van der Waals surface area contributed by atoms with Crippen LogP contribution in [-0.2, 0) is 14.3 Å². The summed E-state index contributed by atoms with van der Waals surface area (Å²) in [6, 6.07) is 5.11. The number of rotatable bonds is 1. The number of carbonyl (C=O) groups excluding carboxylic acids is 2. The first kappa shape index (κ1) is 12.2. The van der Waals surface area contributed by atoms with Crippen LogP contribution in [-0.4, -0.2) is 30.3 Å². The van der Waals surface area contributed by atoms with Crippen LogP contribution >= 0.6 is 0 Å². The maximum absolute atomic E-state index is 12.8. The van der Waals surface area contributed by atoms with Crippen LogP contribution in [0.1, 0.15) is 6.92 Å². The number of amides is 2. The molecule has 5 rings (SSSR count). The van der Waals surface area contributed by atoms with Crippen molar-refractivity contribution in [2.75, 3.05) is 11.7 Å². The molecule has 1 aromatic rings. The Bertz CT molecular complexity index is 757. The zero-order valence-corrected chi connectivity index (χ0v) is 11.8. The van der Waals surface area contributed by atoms with Gasteiger partial charge < -0.3 is 14.2 Å². The molecule has 4 aliphatic rings. The van der Waals surface area contributed by atoms with Crippen LogP contribution in [0.3, 0.4) is 0 Å². The fraction of sp³-hybridized carbons (Fsp3) is 0.375. The van der Waals surface area contributed by atoms with Crippen molar-refractivity contribution in [3.8, 4) is 11.5 Å². The molecular formula is C16H13NO5. The van der Waals surface area contributed by atoms with Gasteiger partial charge in [-0.15, -0.1) is 0 Å². The molecule has 4 aliphatic heterocycles. The fourth-order valence-electron chi connectivity index (χ4n) is 3.93. The van der Waals surface area contributed by atoms with E-state index < -0.39 is 17.4 Å². The van der Waals surface area contributed by atoms with E-state index in [1.165, 1.54) is 4.90 Å². The summed E-state index contributed by atoms with van der Waals surface area (Å²) in [6.45, 7) is 2.02. The van der Waals surface area contributed by atoms with Crippen molar-refractivity contribution < 1.29 is 23.8 Å². The predicted octanol–water partition coefficient (Wildman–Crippen LogP) is 1.25. The van der Waals surface area contributed by atoms with Crippen LogP contribution in [0.5, 0.6) is 11.5 Å². The lowest BCUT2D eigenvalue weighted by molar-refractivity contribution is -0.126. The van der Waals surface area contributed by atoms with Crippen LogP contribution in [0.4, 0.5) is 5.69 Å². The molecule has 6 nitrogen and oxygen atoms in total. The van der Waals surface area contributed by atoms with Gasteiger partial charge in [-0.05, 0) is 19.1 Å². The summed E-state index contributed by atoms with van der Waals surface area (Å²) < 4.78 is 16.4. The van der Waals surface area contributed by atoms with E-state index in [0.717, 1.165) is 0 Å². The van der Waals surface area contributed by atoms with Gasteiger partial charge in [0, 0.05) is 6.07 Å². The standard InChI is InChI=1S/C16H13NO5/c1-16-5-4-10(22-16)12-13(16)15(19)17(14(12)18)8-2-3-9-11(6-8)21-7-20-9/h2-6,10,12-13H,7H2,1H3/t10-,12+,13+,16+/m0/s1. The molecule has 0 saturated carbocycles. The minimum absolute atomic E-state index is 0.157. The van der Waals surface area contributed by atoms with E-state index in [9.17, 15) is 9.59 Å². The molecule has 0 aromatic heterocycles. The third-order valence-corrected chi connectivity index (χ3v) is 4.94. The summed E-state index contributed by atoms with van der Waals surface area (Å²) >= 11 is 0. The number of carbonyl (C=O) groups is 2. The molecule has 2 saturated heterocycles. The maximum Gasteiger partial charge on any atom is 0.241 e. The summed E-state index contributed by atoms with van der Waals surface area (Å²) in [5.41, 5.74) is -0.149. The Kier molecular flexibility index (Phi) is 2.06. The summed E-state index contributed by atoms with van der Waals surface area (Å²) in [5, 5.41) is 0. The number of hydrogen-bond acceptors (Lipinski definition) is 5. The maximum atomic E-state index is 12.8. The third-order valence-electron chi connectivity index (χ3n) is 4.94. The van der Waals surface area contributed by atoms with Crippen molar-refractivity contribution in [2.24, 2.45) is 11.8 Å². The van der Waals surface area contributed by atoms with E-state index in [1.807, 2.05) is 19.1 Å². The van der Waals surface area contributed by atoms with E-state index in [0.29, 0.717) is 17.2 Å². The lowest BCUT2D eigenvalue weighted by atomic mass is 9.78. The summed E-state index contributed by atoms with van der Waals surface area (Å²) in [7, 11) is 0. The first-order valence-electron chi connectivity index (χ1n) is 7.23. The molecule has 0 spiro atoms. The summed E-state index contributed by atoms with van der Waals surface area (Å²) in [5.74, 6) is -0.0951. The van der Waals surface area contributed by atoms with Gasteiger partial charge in [0.1, 0.15) is 0 Å². The van der Waals surface area contributed by atoms with Gasteiger partial charge in [-0.2, -0.15) is 0 Å². The molecule has 2 bridgehead atoms. The fourth-order valence-corrected chi connectivity index (χ4v) is 3.93. The van der Waals surface area contributed by atoms with Gasteiger partial charge in [0.2, 0.25) is 18.6 Å². The average molecular weight is 299 g/mol. The lowest BCUT2D eigenvalue weighted by Crippen LogP contribution is -2.38. The Balaban J connectivity index is 1.58. The Morgan fingerprint density at radius 1 is 1.18 bits per heavy atom. The molecule has 1 aromatic carbocycles. The zero-order chi connectivity index (χ0) is 15.1. The van der Waals surface area contributed by atoms with Gasteiger partial charge >= 0.3 is 0 Å². The monoisotopic (exact) mass is 299 g/mol. The molecule has 2 amide bonds. The van der Waals surface area contributed by atoms with E-state index in [-0.39, 0.29) is 24.7 Å². The Morgan fingerprint density at radius 2 is 2.00 bits per heavy atom. The molecule has 6 heteroatoms. The molecule has 2 fully saturated rings. The van der Waals surface area contributed by atoms with Gasteiger partial charge in [-0.1, -0.05) is 12.2 Å². The largest absolute Gasteiger partial charge is 0.454 e. The topological polar surface area (TPSA) is 65.1 Å². The van der Waals surface area contributed by atoms with E-state index in [4.69, 9.17) is 14.2 Å². The Labute approximate surface area is 126 Å². The van der Waals surface area contributed by atoms with Crippen LogP contribution in [0.25, 0.3) is 0 Å². The average Bonchev–Trinajstić information content (AvgIpc) is 3.20. The van der Waals surface area contributed by atoms with Gasteiger partial charge in [-0.25, -0.2) is 4.90 Å². The Hall–Kier alpha value is -2.34. The quantitative estimate of drug-likeness (QED) is 0.577. The molecular weight excluding hydrogens is 286 g/mol. The molecule has 0 aliphatic carbocycles. The van der Waals surface area contributed by atoms with Gasteiger partial charge in [0.25, 0.3) is 0 Å². The number of benzene rings is 1. The molecule has 4 heterocycles. The molecule has 0 radical (unpaired) electrons. The molecule has 0 N–H and O–H groups in total. The van der Waals surface area contributed by atoms with Gasteiger partial charge in [0.05, 0.1) is 29.2 Å². The normalized spacial score (nSPS) is 37.3. The number of nitrogens with zero attached hydrogens (tertiary/aromatic N) is 1. The number of imide groups is 1. The number of anilines is 1. The number of fused-ring (bicyclic) bond motifs is 6. The first-order valence-corrected chi connectivity index (χ1v) is 7.23. The van der Waals surface area contributed by atoms with Crippen LogP contribution in [0.2, 0.25) is 0 Å². The SMILES string of the molecule is C[C@]12C=C[C@H](O1)[C@H]1C(=O)N(c3ccc4c(c3)OCO4)C(=O)[C@@H]12. The van der Waals surface area contributed by atoms with E-state index >= 15 is 0 Å². The highest BCUT2D eigenvalue weighted by Gasteiger charge is 2.66. The highest BCUT2D eigenvalue weighted by molar-refractivity contribution is 6.23. The van der Waals surface area contributed by atoms with Gasteiger partial charge in [0.15, 0.2) is 11.5 Å². The molecule has 4 atom stereocenters. The van der Waals surface area contributed by atoms with Crippen molar-refractivity contribution in [3.63, 3.8) is 0 Å². The number of ether oxygens (including phenoxy) is 3. The summed E-state index contributed by atoms with van der Waals surface area (Å²) in [4.78, 5) is 26.8. The smallest absolute Gasteiger partial charge is 0.241 e. The van der Waals surface area contributed by atoms with Gasteiger partial charge in [-0.3, -0.25) is 9.59 Å².